The summed E-state index contributed by atoms with van der Waals surface area (Å²) < 4.78 is 13.1. The summed E-state index contributed by atoms with van der Waals surface area (Å²) in [5.41, 5.74) is 1.24. The van der Waals surface area contributed by atoms with E-state index in [-0.39, 0.29) is 11.4 Å². The minimum atomic E-state index is -0.205. The zero-order chi connectivity index (χ0) is 19.8. The van der Waals surface area contributed by atoms with Crippen LogP contribution in [0.3, 0.4) is 0 Å². The average Bonchev–Trinajstić information content (AvgIpc) is 2.73. The quantitative estimate of drug-likeness (QED) is 0.580. The summed E-state index contributed by atoms with van der Waals surface area (Å²) >= 11 is 0. The molecule has 0 unspecified atom stereocenters. The molecule has 6 heteroatoms. The van der Waals surface area contributed by atoms with Crippen LogP contribution in [-0.2, 0) is 6.54 Å². The molecule has 28 heavy (non-hydrogen) atoms. The number of halogens is 1. The van der Waals surface area contributed by atoms with Crippen LogP contribution in [0, 0.1) is 5.82 Å². The van der Waals surface area contributed by atoms with Crippen LogP contribution >= 0.6 is 0 Å². The van der Waals surface area contributed by atoms with E-state index in [1.807, 2.05) is 0 Å². The lowest BCUT2D eigenvalue weighted by Gasteiger charge is -2.50. The highest BCUT2D eigenvalue weighted by Gasteiger charge is 2.39. The van der Waals surface area contributed by atoms with Gasteiger partial charge in [0.2, 0.25) is 0 Å². The molecule has 0 aliphatic carbocycles. The van der Waals surface area contributed by atoms with Gasteiger partial charge in [-0.05, 0) is 83.5 Å². The van der Waals surface area contributed by atoms with Gasteiger partial charge >= 0.3 is 0 Å². The van der Waals surface area contributed by atoms with Crippen LogP contribution in [0.15, 0.2) is 29.3 Å². The van der Waals surface area contributed by atoms with E-state index < -0.39 is 0 Å². The molecule has 156 valence electrons. The molecule has 1 aromatic carbocycles. The van der Waals surface area contributed by atoms with Crippen LogP contribution in [0.4, 0.5) is 4.39 Å². The van der Waals surface area contributed by atoms with Gasteiger partial charge in [0.25, 0.3) is 0 Å². The molecule has 0 amide bonds. The zero-order valence-corrected chi connectivity index (χ0v) is 17.5. The number of piperidine rings is 2. The molecule has 3 rings (SSSR count). The lowest BCUT2D eigenvalue weighted by Crippen LogP contribution is -2.62. The predicted octanol–water partition coefficient (Wildman–Crippen LogP) is 2.83. The largest absolute Gasteiger partial charge is 0.357 e. The van der Waals surface area contributed by atoms with Crippen molar-refractivity contribution < 1.29 is 4.39 Å². The van der Waals surface area contributed by atoms with Crippen molar-refractivity contribution in [1.82, 2.24) is 20.4 Å². The number of rotatable bonds is 6. The van der Waals surface area contributed by atoms with Gasteiger partial charge in [0.05, 0.1) is 6.54 Å². The normalized spacial score (nSPS) is 21.5. The monoisotopic (exact) mass is 389 g/mol. The molecule has 2 fully saturated rings. The van der Waals surface area contributed by atoms with Crippen LogP contribution in [0.1, 0.15) is 44.6 Å². The molecular weight excluding hydrogens is 353 g/mol. The van der Waals surface area contributed by atoms with Gasteiger partial charge in [0.15, 0.2) is 5.96 Å². The van der Waals surface area contributed by atoms with Crippen molar-refractivity contribution in [2.45, 2.75) is 51.1 Å². The van der Waals surface area contributed by atoms with Gasteiger partial charge < -0.3 is 15.5 Å². The number of guanidine groups is 1. The van der Waals surface area contributed by atoms with Crippen LogP contribution in [0.25, 0.3) is 0 Å². The summed E-state index contributed by atoms with van der Waals surface area (Å²) in [6.07, 6.45) is 6.40. The van der Waals surface area contributed by atoms with Gasteiger partial charge in [-0.15, -0.1) is 0 Å². The molecule has 0 aromatic heterocycles. The molecule has 2 N–H and O–H groups in total. The number of likely N-dealkylation sites (tertiary alicyclic amines) is 2. The summed E-state index contributed by atoms with van der Waals surface area (Å²) in [6.45, 7) is 9.14. The van der Waals surface area contributed by atoms with Crippen molar-refractivity contribution in [3.05, 3.63) is 35.6 Å². The molecule has 0 atom stereocenters. The van der Waals surface area contributed by atoms with Crippen molar-refractivity contribution in [3.8, 4) is 0 Å². The number of nitrogens with one attached hydrogen (secondary N) is 2. The number of benzene rings is 1. The lowest BCUT2D eigenvalue weighted by atomic mass is 9.84. The molecule has 0 spiro atoms. The number of nitrogens with zero attached hydrogens (tertiary/aromatic N) is 3. The van der Waals surface area contributed by atoms with E-state index in [9.17, 15) is 4.39 Å². The maximum Gasteiger partial charge on any atom is 0.191 e. The van der Waals surface area contributed by atoms with Crippen molar-refractivity contribution in [2.75, 3.05) is 46.3 Å². The Morgan fingerprint density at radius 3 is 2.36 bits per heavy atom. The lowest BCUT2D eigenvalue weighted by molar-refractivity contribution is 0.0173. The van der Waals surface area contributed by atoms with E-state index in [0.29, 0.717) is 6.54 Å². The van der Waals surface area contributed by atoms with E-state index in [1.54, 1.807) is 12.1 Å². The molecule has 5 nitrogen and oxygen atoms in total. The second-order valence-electron chi connectivity index (χ2n) is 8.25. The average molecular weight is 390 g/mol. The Morgan fingerprint density at radius 1 is 1.04 bits per heavy atom. The number of aliphatic imine (C=N–C) groups is 1. The van der Waals surface area contributed by atoms with Crippen LogP contribution in [-0.4, -0.2) is 67.6 Å². The first-order valence-electron chi connectivity index (χ1n) is 10.8. The first kappa shape index (κ1) is 21.1. The van der Waals surface area contributed by atoms with Gasteiger partial charge in [0, 0.05) is 18.6 Å². The Hall–Kier alpha value is -1.66. The van der Waals surface area contributed by atoms with Crippen molar-refractivity contribution in [1.29, 1.82) is 0 Å². The third kappa shape index (κ3) is 5.67. The highest BCUT2D eigenvalue weighted by Crippen LogP contribution is 2.30. The van der Waals surface area contributed by atoms with Gasteiger partial charge in [-0.25, -0.2) is 9.38 Å². The Kier molecular flexibility index (Phi) is 7.68. The van der Waals surface area contributed by atoms with Crippen LogP contribution < -0.4 is 10.6 Å². The molecule has 2 aliphatic rings. The van der Waals surface area contributed by atoms with Crippen LogP contribution in [0.2, 0.25) is 0 Å². The maximum atomic E-state index is 13.1. The Balaban J connectivity index is 1.66. The first-order valence-corrected chi connectivity index (χ1v) is 10.8. The minimum absolute atomic E-state index is 0.205. The summed E-state index contributed by atoms with van der Waals surface area (Å²) in [5, 5.41) is 7.00. The summed E-state index contributed by atoms with van der Waals surface area (Å²) in [5.74, 6) is 0.644. The third-order valence-electron chi connectivity index (χ3n) is 6.21. The van der Waals surface area contributed by atoms with Crippen molar-refractivity contribution >= 4 is 5.96 Å². The van der Waals surface area contributed by atoms with E-state index in [1.165, 1.54) is 57.3 Å². The minimum Gasteiger partial charge on any atom is -0.357 e. The smallest absolute Gasteiger partial charge is 0.191 e. The summed E-state index contributed by atoms with van der Waals surface area (Å²) in [6, 6.07) is 6.59. The van der Waals surface area contributed by atoms with Gasteiger partial charge in [-0.3, -0.25) is 4.90 Å². The summed E-state index contributed by atoms with van der Waals surface area (Å²) in [7, 11) is 2.22. The third-order valence-corrected chi connectivity index (χ3v) is 6.21. The number of hydrogen-bond acceptors (Lipinski definition) is 3. The van der Waals surface area contributed by atoms with Crippen LogP contribution in [0.5, 0.6) is 0 Å². The Labute approximate surface area is 169 Å². The highest BCUT2D eigenvalue weighted by molar-refractivity contribution is 5.79. The van der Waals surface area contributed by atoms with E-state index >= 15 is 0 Å². The Morgan fingerprint density at radius 2 is 1.71 bits per heavy atom. The predicted molar refractivity (Wildman–Crippen MR) is 114 cm³/mol. The highest BCUT2D eigenvalue weighted by atomic mass is 19.1. The number of hydrogen-bond donors (Lipinski definition) is 2. The standard InChI is InChI=1S/C22H36FN5/c1-3-24-21(25-17-19-7-9-20(23)10-8-19)26-18-22(11-15-27(2)16-12-22)28-13-5-4-6-14-28/h7-10H,3-6,11-18H2,1-2H3,(H2,24,25,26). The van der Waals surface area contributed by atoms with Gasteiger partial charge in [-0.2, -0.15) is 0 Å². The van der Waals surface area contributed by atoms with Gasteiger partial charge in [0.1, 0.15) is 5.82 Å². The Bertz CT molecular complexity index is 616. The molecule has 1 aromatic rings. The second-order valence-corrected chi connectivity index (χ2v) is 8.25. The molecule has 0 radical (unpaired) electrons. The maximum absolute atomic E-state index is 13.1. The van der Waals surface area contributed by atoms with E-state index in [2.05, 4.69) is 34.4 Å². The van der Waals surface area contributed by atoms with E-state index in [0.717, 1.165) is 37.7 Å². The zero-order valence-electron chi connectivity index (χ0n) is 17.5. The molecule has 0 saturated carbocycles. The fourth-order valence-corrected chi connectivity index (χ4v) is 4.36. The summed E-state index contributed by atoms with van der Waals surface area (Å²) in [4.78, 5) is 9.91. The molecular formula is C22H36FN5. The second kappa shape index (κ2) is 10.2. The van der Waals surface area contributed by atoms with Crippen molar-refractivity contribution in [3.63, 3.8) is 0 Å². The molecule has 2 saturated heterocycles. The van der Waals surface area contributed by atoms with Gasteiger partial charge in [-0.1, -0.05) is 18.6 Å². The molecule has 2 aliphatic heterocycles. The van der Waals surface area contributed by atoms with Crippen molar-refractivity contribution in [2.24, 2.45) is 4.99 Å². The molecule has 2 heterocycles. The SMILES string of the molecule is CCNC(=NCc1ccc(F)cc1)NCC1(N2CCCCC2)CCN(C)CC1. The fourth-order valence-electron chi connectivity index (χ4n) is 4.36. The first-order chi connectivity index (χ1) is 13.6. The topological polar surface area (TPSA) is 42.9 Å². The molecule has 0 bridgehead atoms. The fraction of sp³-hybridized carbons (Fsp3) is 0.682. The van der Waals surface area contributed by atoms with E-state index in [4.69, 9.17) is 4.99 Å².